The fraction of sp³-hybridized carbons (Fsp3) is 0.353. The van der Waals surface area contributed by atoms with Crippen molar-refractivity contribution in [1.82, 2.24) is 9.88 Å². The molecule has 0 saturated carbocycles. The van der Waals surface area contributed by atoms with Crippen LogP contribution in [0.3, 0.4) is 0 Å². The lowest BCUT2D eigenvalue weighted by Gasteiger charge is -2.25. The van der Waals surface area contributed by atoms with Crippen molar-refractivity contribution in [2.75, 3.05) is 13.1 Å². The molecule has 3 rings (SSSR count). The average molecular weight is 373 g/mol. The summed E-state index contributed by atoms with van der Waals surface area (Å²) in [6, 6.07) is 4.33. The Balaban J connectivity index is 2.10. The first kappa shape index (κ1) is 17.8. The molecule has 0 bridgehead atoms. The molecule has 2 heterocycles. The van der Waals surface area contributed by atoms with Crippen LogP contribution in [0.5, 0.6) is 5.75 Å². The fourth-order valence-corrected chi connectivity index (χ4v) is 3.40. The van der Waals surface area contributed by atoms with E-state index in [2.05, 4.69) is 5.32 Å². The SMILES string of the molecule is O=c1c(-c2c(O)cc(C(F)(F)F)cc2Cl)cccn1[C@@H]1CCCNC1. The maximum Gasteiger partial charge on any atom is 0.416 e. The minimum Gasteiger partial charge on any atom is -0.507 e. The third kappa shape index (κ3) is 3.52. The third-order valence-corrected chi connectivity index (χ3v) is 4.60. The topological polar surface area (TPSA) is 54.3 Å². The van der Waals surface area contributed by atoms with Gasteiger partial charge >= 0.3 is 6.18 Å². The molecule has 4 nitrogen and oxygen atoms in total. The number of nitrogens with zero attached hydrogens (tertiary/aromatic N) is 1. The second-order valence-electron chi connectivity index (χ2n) is 5.98. The molecule has 134 valence electrons. The lowest BCUT2D eigenvalue weighted by Crippen LogP contribution is -2.36. The number of nitrogens with one attached hydrogen (secondary N) is 1. The van der Waals surface area contributed by atoms with E-state index in [4.69, 9.17) is 11.6 Å². The molecule has 2 aromatic rings. The van der Waals surface area contributed by atoms with Gasteiger partial charge in [0.15, 0.2) is 0 Å². The molecular weight excluding hydrogens is 357 g/mol. The Bertz CT molecular complexity index is 820. The van der Waals surface area contributed by atoms with Gasteiger partial charge in [0.2, 0.25) is 0 Å². The Labute approximate surface area is 146 Å². The van der Waals surface area contributed by atoms with Crippen molar-refractivity contribution < 1.29 is 18.3 Å². The van der Waals surface area contributed by atoms with Crippen LogP contribution in [-0.4, -0.2) is 22.8 Å². The Morgan fingerprint density at radius 3 is 2.68 bits per heavy atom. The van der Waals surface area contributed by atoms with Gasteiger partial charge in [0.1, 0.15) is 5.75 Å². The Hall–Kier alpha value is -1.99. The van der Waals surface area contributed by atoms with E-state index < -0.39 is 23.0 Å². The quantitative estimate of drug-likeness (QED) is 0.842. The summed E-state index contributed by atoms with van der Waals surface area (Å²) in [6.07, 6.45) is -1.25. The van der Waals surface area contributed by atoms with Gasteiger partial charge < -0.3 is 15.0 Å². The van der Waals surface area contributed by atoms with Crippen LogP contribution in [0.15, 0.2) is 35.3 Å². The van der Waals surface area contributed by atoms with Gasteiger partial charge in [-0.2, -0.15) is 13.2 Å². The minimum atomic E-state index is -4.63. The van der Waals surface area contributed by atoms with Crippen molar-refractivity contribution in [3.05, 3.63) is 51.4 Å². The number of alkyl halides is 3. The molecule has 0 spiro atoms. The third-order valence-electron chi connectivity index (χ3n) is 4.30. The van der Waals surface area contributed by atoms with Crippen LogP contribution in [0.4, 0.5) is 13.2 Å². The molecule has 0 unspecified atom stereocenters. The van der Waals surface area contributed by atoms with Crippen LogP contribution < -0.4 is 10.9 Å². The van der Waals surface area contributed by atoms with Gasteiger partial charge in [-0.15, -0.1) is 0 Å². The Morgan fingerprint density at radius 1 is 1.32 bits per heavy atom. The number of benzene rings is 1. The number of piperidine rings is 1. The van der Waals surface area contributed by atoms with Crippen molar-refractivity contribution in [2.24, 2.45) is 0 Å². The normalized spacial score (nSPS) is 18.3. The number of aromatic hydroxyl groups is 1. The summed E-state index contributed by atoms with van der Waals surface area (Å²) >= 11 is 5.96. The molecule has 1 fully saturated rings. The van der Waals surface area contributed by atoms with Gasteiger partial charge in [-0.05, 0) is 43.7 Å². The van der Waals surface area contributed by atoms with E-state index >= 15 is 0 Å². The average Bonchev–Trinajstić information content (AvgIpc) is 2.55. The standard InChI is InChI=1S/C17H16ClF3N2O2/c18-13-7-10(17(19,20)21)8-14(24)15(13)12-4-2-6-23(16(12)25)11-3-1-5-22-9-11/h2,4,6-8,11,22,24H,1,3,5,9H2/t11-/m1/s1. The summed E-state index contributed by atoms with van der Waals surface area (Å²) in [6.45, 7) is 1.52. The van der Waals surface area contributed by atoms with Crippen molar-refractivity contribution in [3.8, 4) is 16.9 Å². The Morgan fingerprint density at radius 2 is 2.08 bits per heavy atom. The first-order chi connectivity index (χ1) is 11.8. The van der Waals surface area contributed by atoms with Crippen LogP contribution in [0.25, 0.3) is 11.1 Å². The molecule has 0 aliphatic carbocycles. The highest BCUT2D eigenvalue weighted by Gasteiger charge is 2.32. The summed E-state index contributed by atoms with van der Waals surface area (Å²) < 4.78 is 40.0. The number of phenolic OH excluding ortho intramolecular Hbond substituents is 1. The molecule has 1 saturated heterocycles. The Kier molecular flexibility index (Phi) is 4.79. The second-order valence-corrected chi connectivity index (χ2v) is 6.39. The van der Waals surface area contributed by atoms with Gasteiger partial charge in [0.25, 0.3) is 5.56 Å². The highest BCUT2D eigenvalue weighted by Crippen LogP contribution is 2.40. The van der Waals surface area contributed by atoms with Gasteiger partial charge in [0, 0.05) is 24.3 Å². The highest BCUT2D eigenvalue weighted by atomic mass is 35.5. The lowest BCUT2D eigenvalue weighted by atomic mass is 10.0. The van der Waals surface area contributed by atoms with E-state index in [-0.39, 0.29) is 22.2 Å². The molecule has 1 aromatic carbocycles. The van der Waals surface area contributed by atoms with Crippen LogP contribution in [0, 0.1) is 0 Å². The molecule has 25 heavy (non-hydrogen) atoms. The van der Waals surface area contributed by atoms with Crippen LogP contribution in [-0.2, 0) is 6.18 Å². The number of hydrogen-bond donors (Lipinski definition) is 2. The minimum absolute atomic E-state index is 0.0448. The van der Waals surface area contributed by atoms with Gasteiger partial charge in [0.05, 0.1) is 16.1 Å². The number of hydrogen-bond acceptors (Lipinski definition) is 3. The number of aromatic nitrogens is 1. The largest absolute Gasteiger partial charge is 0.507 e. The van der Waals surface area contributed by atoms with E-state index in [0.717, 1.165) is 25.5 Å². The predicted octanol–water partition coefficient (Wildman–Crippen LogP) is 3.82. The summed E-state index contributed by atoms with van der Waals surface area (Å²) in [5.74, 6) is -0.670. The van der Waals surface area contributed by atoms with Crippen LogP contribution >= 0.6 is 11.6 Å². The molecule has 1 aliphatic rings. The van der Waals surface area contributed by atoms with E-state index in [9.17, 15) is 23.1 Å². The molecule has 1 aromatic heterocycles. The summed E-state index contributed by atoms with van der Waals surface area (Å²) in [5.41, 5.74) is -1.47. The second kappa shape index (κ2) is 6.72. The highest BCUT2D eigenvalue weighted by molar-refractivity contribution is 6.33. The molecule has 8 heteroatoms. The van der Waals surface area contributed by atoms with Crippen molar-refractivity contribution in [2.45, 2.75) is 25.1 Å². The first-order valence-electron chi connectivity index (χ1n) is 7.81. The maximum atomic E-state index is 12.8. The number of halogens is 4. The molecule has 1 aliphatic heterocycles. The summed E-state index contributed by atoms with van der Waals surface area (Å²) in [5, 5.41) is 13.0. The lowest BCUT2D eigenvalue weighted by molar-refractivity contribution is -0.137. The molecule has 2 N–H and O–H groups in total. The number of rotatable bonds is 2. The number of phenols is 1. The molecule has 1 atom stereocenters. The van der Waals surface area contributed by atoms with Gasteiger partial charge in [-0.1, -0.05) is 11.6 Å². The van der Waals surface area contributed by atoms with Crippen LogP contribution in [0.2, 0.25) is 5.02 Å². The molecule has 0 radical (unpaired) electrons. The van der Waals surface area contributed by atoms with E-state index in [1.54, 1.807) is 12.3 Å². The number of pyridine rings is 1. The van der Waals surface area contributed by atoms with Crippen molar-refractivity contribution >= 4 is 11.6 Å². The molecular formula is C17H16ClF3N2O2. The van der Waals surface area contributed by atoms with Crippen LogP contribution in [0.1, 0.15) is 24.4 Å². The fourth-order valence-electron chi connectivity index (χ4n) is 3.08. The summed E-state index contributed by atoms with van der Waals surface area (Å²) in [7, 11) is 0. The van der Waals surface area contributed by atoms with Gasteiger partial charge in [-0.3, -0.25) is 4.79 Å². The van der Waals surface area contributed by atoms with Crippen molar-refractivity contribution in [3.63, 3.8) is 0 Å². The van der Waals surface area contributed by atoms with E-state index in [0.29, 0.717) is 12.6 Å². The monoisotopic (exact) mass is 372 g/mol. The summed E-state index contributed by atoms with van der Waals surface area (Å²) in [4.78, 5) is 12.8. The zero-order chi connectivity index (χ0) is 18.2. The van der Waals surface area contributed by atoms with E-state index in [1.165, 1.54) is 10.6 Å². The first-order valence-corrected chi connectivity index (χ1v) is 8.19. The van der Waals surface area contributed by atoms with E-state index in [1.807, 2.05) is 0 Å². The zero-order valence-corrected chi connectivity index (χ0v) is 13.9. The maximum absolute atomic E-state index is 12.8. The zero-order valence-electron chi connectivity index (χ0n) is 13.1. The predicted molar refractivity (Wildman–Crippen MR) is 89.0 cm³/mol. The van der Waals surface area contributed by atoms with Gasteiger partial charge in [-0.25, -0.2) is 0 Å². The smallest absolute Gasteiger partial charge is 0.416 e. The molecule has 0 amide bonds. The van der Waals surface area contributed by atoms with Crippen molar-refractivity contribution in [1.29, 1.82) is 0 Å².